The quantitative estimate of drug-likeness (QED) is 0.873. The van der Waals surface area contributed by atoms with Gasteiger partial charge in [-0.15, -0.1) is 10.2 Å². The first-order valence-electron chi connectivity index (χ1n) is 5.66. The molecule has 0 aliphatic rings. The van der Waals surface area contributed by atoms with Crippen molar-refractivity contribution in [2.24, 2.45) is 0 Å². The van der Waals surface area contributed by atoms with E-state index in [0.717, 1.165) is 11.3 Å². The van der Waals surface area contributed by atoms with Crippen LogP contribution in [-0.2, 0) is 16.6 Å². The van der Waals surface area contributed by atoms with Crippen molar-refractivity contribution in [2.45, 2.75) is 18.4 Å². The Balaban J connectivity index is 2.44. The minimum Gasteiger partial charge on any atom is -0.316 e. The standard InChI is InChI=1S/C11H13FN4O2S2/c1-7-9(12)3-8(5-13-2)4-10(7)20(17,18)16-11-15-14-6-19-11/h3-4,6,13H,5H2,1-2H3,(H,15,16). The maximum absolute atomic E-state index is 13.8. The Hall–Kier alpha value is -1.58. The molecule has 0 atom stereocenters. The van der Waals surface area contributed by atoms with Gasteiger partial charge in [-0.05, 0) is 31.7 Å². The van der Waals surface area contributed by atoms with Crippen molar-refractivity contribution in [1.82, 2.24) is 15.5 Å². The molecule has 2 aromatic rings. The van der Waals surface area contributed by atoms with Crippen molar-refractivity contribution < 1.29 is 12.8 Å². The highest BCUT2D eigenvalue weighted by Gasteiger charge is 2.21. The average molecular weight is 316 g/mol. The zero-order valence-electron chi connectivity index (χ0n) is 10.8. The molecule has 6 nitrogen and oxygen atoms in total. The zero-order valence-corrected chi connectivity index (χ0v) is 12.5. The number of aromatic nitrogens is 2. The zero-order chi connectivity index (χ0) is 14.8. The van der Waals surface area contributed by atoms with Gasteiger partial charge in [0.25, 0.3) is 10.0 Å². The Morgan fingerprint density at radius 2 is 2.15 bits per heavy atom. The summed E-state index contributed by atoms with van der Waals surface area (Å²) < 4.78 is 40.6. The Morgan fingerprint density at radius 1 is 1.40 bits per heavy atom. The first-order valence-corrected chi connectivity index (χ1v) is 8.03. The second-order valence-electron chi connectivity index (χ2n) is 4.08. The number of halogens is 1. The smallest absolute Gasteiger partial charge is 0.264 e. The summed E-state index contributed by atoms with van der Waals surface area (Å²) in [5, 5.41) is 10.1. The van der Waals surface area contributed by atoms with Gasteiger partial charge in [0.1, 0.15) is 11.3 Å². The molecule has 0 aliphatic heterocycles. The lowest BCUT2D eigenvalue weighted by molar-refractivity contribution is 0.588. The van der Waals surface area contributed by atoms with Crippen LogP contribution in [-0.4, -0.2) is 25.7 Å². The number of anilines is 1. The molecule has 0 saturated heterocycles. The van der Waals surface area contributed by atoms with Crippen LogP contribution in [0.25, 0.3) is 0 Å². The molecule has 2 rings (SSSR count). The Morgan fingerprint density at radius 3 is 2.75 bits per heavy atom. The van der Waals surface area contributed by atoms with Crippen LogP contribution < -0.4 is 10.0 Å². The molecular formula is C11H13FN4O2S2. The fourth-order valence-corrected chi connectivity index (χ4v) is 3.68. The topological polar surface area (TPSA) is 84.0 Å². The van der Waals surface area contributed by atoms with E-state index >= 15 is 0 Å². The van der Waals surface area contributed by atoms with Gasteiger partial charge >= 0.3 is 0 Å². The normalized spacial score (nSPS) is 11.6. The molecule has 2 N–H and O–H groups in total. The van der Waals surface area contributed by atoms with Crippen LogP contribution in [0.2, 0.25) is 0 Å². The lowest BCUT2D eigenvalue weighted by Gasteiger charge is -2.11. The highest BCUT2D eigenvalue weighted by atomic mass is 32.2. The fraction of sp³-hybridized carbons (Fsp3) is 0.273. The van der Waals surface area contributed by atoms with Crippen LogP contribution in [0.4, 0.5) is 9.52 Å². The van der Waals surface area contributed by atoms with Crippen molar-refractivity contribution in [3.8, 4) is 0 Å². The number of nitrogens with one attached hydrogen (secondary N) is 2. The second-order valence-corrected chi connectivity index (χ2v) is 6.56. The fourth-order valence-electron chi connectivity index (χ4n) is 1.68. The Labute approximate surface area is 120 Å². The summed E-state index contributed by atoms with van der Waals surface area (Å²) in [6.07, 6.45) is 0. The van der Waals surface area contributed by atoms with E-state index in [1.54, 1.807) is 7.05 Å². The summed E-state index contributed by atoms with van der Waals surface area (Å²) in [5.41, 5.74) is 2.03. The van der Waals surface area contributed by atoms with Crippen LogP contribution in [0, 0.1) is 12.7 Å². The van der Waals surface area contributed by atoms with Gasteiger partial charge in [-0.1, -0.05) is 11.3 Å². The first kappa shape index (κ1) is 14.8. The Kier molecular flexibility index (Phi) is 4.31. The highest BCUT2D eigenvalue weighted by molar-refractivity contribution is 7.93. The number of benzene rings is 1. The number of hydrogen-bond donors (Lipinski definition) is 2. The van der Waals surface area contributed by atoms with Crippen LogP contribution in [0.5, 0.6) is 0 Å². The van der Waals surface area contributed by atoms with E-state index in [9.17, 15) is 12.8 Å². The van der Waals surface area contributed by atoms with Gasteiger partial charge in [0.15, 0.2) is 0 Å². The lowest BCUT2D eigenvalue weighted by Crippen LogP contribution is -2.16. The van der Waals surface area contributed by atoms with E-state index in [2.05, 4.69) is 20.2 Å². The minimum atomic E-state index is -3.89. The third-order valence-corrected chi connectivity index (χ3v) is 4.81. The van der Waals surface area contributed by atoms with Gasteiger partial charge in [-0.25, -0.2) is 12.8 Å². The molecule has 1 heterocycles. The van der Waals surface area contributed by atoms with Crippen molar-refractivity contribution in [1.29, 1.82) is 0 Å². The van der Waals surface area contributed by atoms with Crippen molar-refractivity contribution in [3.63, 3.8) is 0 Å². The average Bonchev–Trinajstić information content (AvgIpc) is 2.85. The van der Waals surface area contributed by atoms with Gasteiger partial charge < -0.3 is 5.32 Å². The van der Waals surface area contributed by atoms with Gasteiger partial charge in [-0.2, -0.15) is 0 Å². The van der Waals surface area contributed by atoms with Crippen LogP contribution in [0.3, 0.4) is 0 Å². The maximum atomic E-state index is 13.8. The number of sulfonamides is 1. The van der Waals surface area contributed by atoms with E-state index < -0.39 is 15.8 Å². The summed E-state index contributed by atoms with van der Waals surface area (Å²) in [7, 11) is -2.19. The van der Waals surface area contributed by atoms with Crippen LogP contribution >= 0.6 is 11.3 Å². The van der Waals surface area contributed by atoms with E-state index in [-0.39, 0.29) is 15.6 Å². The number of nitrogens with zero attached hydrogens (tertiary/aromatic N) is 2. The maximum Gasteiger partial charge on any atom is 0.264 e. The van der Waals surface area contributed by atoms with Gasteiger partial charge in [-0.3, -0.25) is 4.72 Å². The summed E-state index contributed by atoms with van der Waals surface area (Å²) in [4.78, 5) is -0.0991. The SMILES string of the molecule is CNCc1cc(F)c(C)c(S(=O)(=O)Nc2nncs2)c1. The molecule has 1 aromatic heterocycles. The molecule has 0 unspecified atom stereocenters. The summed E-state index contributed by atoms with van der Waals surface area (Å²) >= 11 is 1.05. The third kappa shape index (κ3) is 3.11. The molecule has 9 heteroatoms. The summed E-state index contributed by atoms with van der Waals surface area (Å²) in [5.74, 6) is -0.560. The number of rotatable bonds is 5. The predicted octanol–water partition coefficient (Wildman–Crippen LogP) is 1.51. The van der Waals surface area contributed by atoms with Crippen molar-refractivity contribution in [2.75, 3.05) is 11.8 Å². The summed E-state index contributed by atoms with van der Waals surface area (Å²) in [6, 6.07) is 2.76. The molecule has 0 bridgehead atoms. The van der Waals surface area contributed by atoms with Gasteiger partial charge in [0, 0.05) is 12.1 Å². The molecule has 1 aromatic carbocycles. The monoisotopic (exact) mass is 316 g/mol. The van der Waals surface area contributed by atoms with Gasteiger partial charge in [0.05, 0.1) is 4.90 Å². The molecule has 0 spiro atoms. The number of hydrogen-bond acceptors (Lipinski definition) is 6. The van der Waals surface area contributed by atoms with E-state index in [4.69, 9.17) is 0 Å². The summed E-state index contributed by atoms with van der Waals surface area (Å²) in [6.45, 7) is 1.80. The minimum absolute atomic E-state index is 0.0712. The highest BCUT2D eigenvalue weighted by Crippen LogP contribution is 2.23. The molecule has 0 fully saturated rings. The van der Waals surface area contributed by atoms with E-state index in [1.807, 2.05) is 0 Å². The van der Waals surface area contributed by atoms with Crippen LogP contribution in [0.1, 0.15) is 11.1 Å². The molecule has 0 amide bonds. The van der Waals surface area contributed by atoms with E-state index in [0.29, 0.717) is 12.1 Å². The van der Waals surface area contributed by atoms with Crippen molar-refractivity contribution >= 4 is 26.5 Å². The second kappa shape index (κ2) is 5.81. The predicted molar refractivity (Wildman–Crippen MR) is 74.6 cm³/mol. The van der Waals surface area contributed by atoms with Crippen LogP contribution in [0.15, 0.2) is 22.5 Å². The molecule has 20 heavy (non-hydrogen) atoms. The first-order chi connectivity index (χ1) is 9.44. The van der Waals surface area contributed by atoms with Gasteiger partial charge in [0.2, 0.25) is 5.13 Å². The molecule has 0 aliphatic carbocycles. The largest absolute Gasteiger partial charge is 0.316 e. The molecule has 0 saturated carbocycles. The lowest BCUT2D eigenvalue weighted by atomic mass is 10.1. The Bertz CT molecular complexity index is 701. The van der Waals surface area contributed by atoms with E-state index in [1.165, 1.54) is 24.6 Å². The molecule has 0 radical (unpaired) electrons. The van der Waals surface area contributed by atoms with Crippen molar-refractivity contribution in [3.05, 3.63) is 34.6 Å². The third-order valence-electron chi connectivity index (χ3n) is 2.61. The molecule has 108 valence electrons. The molecular weight excluding hydrogens is 303 g/mol.